The standard InChI is InChI=1S/C37H50FN3O6SSi/c1-23-29(18-25(19-31(23)38)33(42)39-26-10-11-26)24-9-12-28-30(17-24)32(48(46)27-13-15-40(16-14-27)35(44)45)20-41(34(28)43)21-37(5,6)22-47-49(7,8)36(2,3)4/h9,12,17-20,26-27H,10-11,13-16,21-22H2,1-8H3,(H,39,42)(H,44,45). The van der Waals surface area contributed by atoms with Gasteiger partial charge in [0.2, 0.25) is 0 Å². The van der Waals surface area contributed by atoms with Gasteiger partial charge < -0.3 is 24.3 Å². The largest absolute Gasteiger partial charge is 0.465 e. The summed E-state index contributed by atoms with van der Waals surface area (Å²) in [5.74, 6) is -0.842. The number of fused-ring (bicyclic) bond motifs is 1. The highest BCUT2D eigenvalue weighted by atomic mass is 32.2. The Bertz CT molecular complexity index is 1860. The van der Waals surface area contributed by atoms with Gasteiger partial charge >= 0.3 is 6.09 Å². The van der Waals surface area contributed by atoms with E-state index in [2.05, 4.69) is 53.0 Å². The van der Waals surface area contributed by atoms with Crippen LogP contribution in [0.25, 0.3) is 21.9 Å². The van der Waals surface area contributed by atoms with Gasteiger partial charge in [0, 0.05) is 65.5 Å². The summed E-state index contributed by atoms with van der Waals surface area (Å²) in [5.41, 5.74) is 1.05. The maximum atomic E-state index is 15.2. The van der Waals surface area contributed by atoms with Gasteiger partial charge in [0.15, 0.2) is 8.32 Å². The number of carbonyl (C=O) groups excluding carboxylic acids is 1. The number of halogens is 1. The summed E-state index contributed by atoms with van der Waals surface area (Å²) in [7, 11) is -3.63. The molecule has 0 radical (unpaired) electrons. The van der Waals surface area contributed by atoms with Crippen molar-refractivity contribution in [1.82, 2.24) is 14.8 Å². The van der Waals surface area contributed by atoms with Crippen molar-refractivity contribution in [2.45, 2.75) is 108 Å². The number of benzene rings is 2. The Balaban J connectivity index is 1.57. The molecule has 1 aliphatic heterocycles. The smallest absolute Gasteiger partial charge is 0.407 e. The van der Waals surface area contributed by atoms with Crippen molar-refractivity contribution < 1.29 is 27.7 Å². The van der Waals surface area contributed by atoms with Crippen LogP contribution >= 0.6 is 0 Å². The molecule has 0 spiro atoms. The average Bonchev–Trinajstić information content (AvgIpc) is 3.85. The number of hydrogen-bond donors (Lipinski definition) is 2. The fourth-order valence-electron chi connectivity index (χ4n) is 5.95. The van der Waals surface area contributed by atoms with Crippen molar-refractivity contribution >= 4 is 41.9 Å². The number of carbonyl (C=O) groups is 2. The molecule has 1 aromatic heterocycles. The van der Waals surface area contributed by atoms with E-state index in [9.17, 15) is 23.7 Å². The predicted octanol–water partition coefficient (Wildman–Crippen LogP) is 7.31. The average molecular weight is 712 g/mol. The summed E-state index contributed by atoms with van der Waals surface area (Å²) in [5, 5.41) is 13.0. The molecular weight excluding hydrogens is 662 g/mol. The van der Waals surface area contributed by atoms with Crippen LogP contribution in [0, 0.1) is 18.2 Å². The number of hydrogen-bond acceptors (Lipinski definition) is 5. The van der Waals surface area contributed by atoms with Crippen LogP contribution in [0.3, 0.4) is 0 Å². The molecule has 3 aromatic rings. The second kappa shape index (κ2) is 13.8. The third kappa shape index (κ3) is 8.18. The topological polar surface area (TPSA) is 118 Å². The van der Waals surface area contributed by atoms with Crippen LogP contribution in [0.1, 0.15) is 76.2 Å². The number of pyridine rings is 1. The number of nitrogens with zero attached hydrogens (tertiary/aromatic N) is 2. The van der Waals surface area contributed by atoms with Crippen molar-refractivity contribution in [3.63, 3.8) is 0 Å². The summed E-state index contributed by atoms with van der Waals surface area (Å²) in [6.07, 6.45) is 3.36. The second-order valence-electron chi connectivity index (χ2n) is 16.0. The third-order valence-corrected chi connectivity index (χ3v) is 16.7. The molecule has 5 rings (SSSR count). The van der Waals surface area contributed by atoms with E-state index in [4.69, 9.17) is 4.43 Å². The summed E-state index contributed by atoms with van der Waals surface area (Å²) >= 11 is 0. The molecule has 0 bridgehead atoms. The summed E-state index contributed by atoms with van der Waals surface area (Å²) in [6, 6.07) is 8.26. The lowest BCUT2D eigenvalue weighted by molar-refractivity contribution is 0.0950. The van der Waals surface area contributed by atoms with Gasteiger partial charge in [-0.2, -0.15) is 0 Å². The fourth-order valence-corrected chi connectivity index (χ4v) is 8.75. The van der Waals surface area contributed by atoms with Crippen molar-refractivity contribution in [1.29, 1.82) is 0 Å². The van der Waals surface area contributed by atoms with Gasteiger partial charge in [-0.25, -0.2) is 9.18 Å². The normalized spacial score (nSPS) is 17.0. The van der Waals surface area contributed by atoms with E-state index in [1.165, 1.54) is 11.0 Å². The van der Waals surface area contributed by atoms with E-state index in [0.717, 1.165) is 12.8 Å². The Kier molecular flexibility index (Phi) is 10.4. The molecule has 266 valence electrons. The zero-order chi connectivity index (χ0) is 36.1. The van der Waals surface area contributed by atoms with Crippen LogP contribution in [0.15, 0.2) is 46.2 Å². The van der Waals surface area contributed by atoms with Crippen LogP contribution in [0.2, 0.25) is 18.1 Å². The lowest BCUT2D eigenvalue weighted by Gasteiger charge is -2.39. The van der Waals surface area contributed by atoms with Crippen molar-refractivity contribution in [3.05, 3.63) is 63.8 Å². The number of carboxylic acid groups (broad SMARTS) is 1. The van der Waals surface area contributed by atoms with Crippen LogP contribution in [0.5, 0.6) is 0 Å². The highest BCUT2D eigenvalue weighted by Crippen LogP contribution is 2.38. The molecule has 2 fully saturated rings. The predicted molar refractivity (Wildman–Crippen MR) is 195 cm³/mol. The number of amides is 2. The van der Waals surface area contributed by atoms with Crippen molar-refractivity contribution in [2.75, 3.05) is 19.7 Å². The highest BCUT2D eigenvalue weighted by Gasteiger charge is 2.39. The minimum absolute atomic E-state index is 0.0304. The molecule has 1 saturated heterocycles. The van der Waals surface area contributed by atoms with E-state index in [0.29, 0.717) is 58.4 Å². The molecule has 12 heteroatoms. The minimum Gasteiger partial charge on any atom is -0.465 e. The molecule has 2 N–H and O–H groups in total. The second-order valence-corrected chi connectivity index (χ2v) is 22.6. The Labute approximate surface area is 291 Å². The lowest BCUT2D eigenvalue weighted by atomic mass is 9.94. The first-order valence-corrected chi connectivity index (χ1v) is 21.2. The number of rotatable bonds is 10. The van der Waals surface area contributed by atoms with Gasteiger partial charge in [0.25, 0.3) is 11.5 Å². The monoisotopic (exact) mass is 711 g/mol. The van der Waals surface area contributed by atoms with Crippen LogP contribution in [-0.4, -0.2) is 70.1 Å². The van der Waals surface area contributed by atoms with E-state index in [1.807, 2.05) is 0 Å². The fraction of sp³-hybridized carbons (Fsp3) is 0.541. The highest BCUT2D eigenvalue weighted by molar-refractivity contribution is 7.86. The van der Waals surface area contributed by atoms with Crippen LogP contribution < -0.4 is 10.9 Å². The maximum absolute atomic E-state index is 15.2. The van der Waals surface area contributed by atoms with E-state index < -0.39 is 36.4 Å². The Morgan fingerprint density at radius 3 is 2.29 bits per heavy atom. The molecule has 1 unspecified atom stereocenters. The molecule has 1 saturated carbocycles. The number of nitrogens with one attached hydrogen (secondary N) is 1. The Morgan fingerprint density at radius 1 is 1.04 bits per heavy atom. The lowest BCUT2D eigenvalue weighted by Crippen LogP contribution is -2.44. The zero-order valence-corrected chi connectivity index (χ0v) is 31.8. The van der Waals surface area contributed by atoms with E-state index in [-0.39, 0.29) is 46.4 Å². The van der Waals surface area contributed by atoms with Gasteiger partial charge in [-0.1, -0.05) is 40.7 Å². The molecule has 9 nitrogen and oxygen atoms in total. The van der Waals surface area contributed by atoms with Crippen LogP contribution in [-0.2, 0) is 21.8 Å². The molecule has 49 heavy (non-hydrogen) atoms. The molecule has 1 atom stereocenters. The maximum Gasteiger partial charge on any atom is 0.407 e. The summed E-state index contributed by atoms with van der Waals surface area (Å²) < 4.78 is 37.8. The first-order valence-electron chi connectivity index (χ1n) is 17.1. The number of piperidine rings is 1. The minimum atomic E-state index is -2.05. The van der Waals surface area contributed by atoms with Crippen molar-refractivity contribution in [2.24, 2.45) is 5.41 Å². The molecule has 2 heterocycles. The SMILES string of the molecule is Cc1c(F)cc(C(=O)NC2CC2)cc1-c1ccc2c(=O)n(CC(C)(C)CO[Si](C)(C)C(C)(C)C)cc(S(=O)C3CCN(C(=O)O)CC3)c2c1. The molecular formula is C37H50FN3O6SSi. The Morgan fingerprint density at radius 2 is 1.69 bits per heavy atom. The third-order valence-electron chi connectivity index (χ3n) is 10.3. The Hall–Kier alpha value is -3.35. The molecule has 1 aliphatic carbocycles. The van der Waals surface area contributed by atoms with Gasteiger partial charge in [0.05, 0.1) is 15.7 Å². The number of aromatic nitrogens is 1. The van der Waals surface area contributed by atoms with E-state index >= 15 is 4.39 Å². The van der Waals surface area contributed by atoms with Crippen LogP contribution in [0.4, 0.5) is 9.18 Å². The first kappa shape index (κ1) is 36.9. The van der Waals surface area contributed by atoms with Gasteiger partial charge in [0.1, 0.15) is 5.82 Å². The molecule has 2 amide bonds. The van der Waals surface area contributed by atoms with E-state index in [1.54, 1.807) is 42.0 Å². The molecule has 2 aromatic carbocycles. The van der Waals surface area contributed by atoms with Gasteiger partial charge in [-0.15, -0.1) is 0 Å². The summed E-state index contributed by atoms with van der Waals surface area (Å²) in [6.45, 7) is 18.1. The number of likely N-dealkylation sites (tertiary alicyclic amines) is 1. The van der Waals surface area contributed by atoms with Gasteiger partial charge in [-0.3, -0.25) is 13.8 Å². The first-order chi connectivity index (χ1) is 22.8. The zero-order valence-electron chi connectivity index (χ0n) is 29.9. The van der Waals surface area contributed by atoms with Gasteiger partial charge in [-0.05, 0) is 91.7 Å². The molecule has 2 aliphatic rings. The quantitative estimate of drug-likeness (QED) is 0.213. The van der Waals surface area contributed by atoms with Crippen molar-refractivity contribution in [3.8, 4) is 11.1 Å². The summed E-state index contributed by atoms with van der Waals surface area (Å²) in [4.78, 5) is 40.3.